The number of halogens is 2. The molecule has 0 aliphatic rings. The highest BCUT2D eigenvalue weighted by atomic mass is 35.5. The Kier molecular flexibility index (Phi) is 4.85. The van der Waals surface area contributed by atoms with E-state index in [0.29, 0.717) is 6.61 Å². The van der Waals surface area contributed by atoms with Crippen molar-refractivity contribution in [3.05, 3.63) is 34.9 Å². The molecular formula is C13H10ClFN4O2. The number of nitriles is 1. The van der Waals surface area contributed by atoms with Crippen molar-refractivity contribution in [1.82, 2.24) is 15.0 Å². The molecule has 0 spiro atoms. The summed E-state index contributed by atoms with van der Waals surface area (Å²) in [5.41, 5.74) is -0.0806. The molecule has 1 aromatic carbocycles. The van der Waals surface area contributed by atoms with Gasteiger partial charge in [-0.2, -0.15) is 15.2 Å². The molecule has 1 aromatic heterocycles. The zero-order valence-corrected chi connectivity index (χ0v) is 11.8. The maximum atomic E-state index is 13.5. The molecule has 2 aromatic rings. The molecule has 108 valence electrons. The van der Waals surface area contributed by atoms with E-state index in [1.807, 2.05) is 6.92 Å². The Morgan fingerprint density at radius 3 is 2.71 bits per heavy atom. The molecule has 0 atom stereocenters. The first-order valence-corrected chi connectivity index (χ1v) is 6.42. The van der Waals surface area contributed by atoms with Crippen LogP contribution in [0.15, 0.2) is 18.2 Å². The Balaban J connectivity index is 2.21. The molecule has 0 saturated heterocycles. The molecule has 0 saturated carbocycles. The summed E-state index contributed by atoms with van der Waals surface area (Å²) in [6.45, 7) is 2.35. The van der Waals surface area contributed by atoms with Gasteiger partial charge >= 0.3 is 12.0 Å². The fourth-order valence-corrected chi connectivity index (χ4v) is 1.52. The van der Waals surface area contributed by atoms with Crippen molar-refractivity contribution in [2.75, 3.05) is 6.61 Å². The van der Waals surface area contributed by atoms with E-state index in [9.17, 15) is 4.39 Å². The summed E-state index contributed by atoms with van der Waals surface area (Å²) in [5, 5.41) is 8.56. The summed E-state index contributed by atoms with van der Waals surface area (Å²) < 4.78 is 24.0. The minimum Gasteiger partial charge on any atom is -0.463 e. The van der Waals surface area contributed by atoms with E-state index >= 15 is 0 Å². The predicted octanol–water partition coefficient (Wildman–Crippen LogP) is 3.12. The second kappa shape index (κ2) is 6.81. The number of rotatable bonds is 5. The van der Waals surface area contributed by atoms with Crippen LogP contribution in [0.1, 0.15) is 18.9 Å². The quantitative estimate of drug-likeness (QED) is 0.844. The standard InChI is InChI=1S/C13H10ClFN4O2/c1-2-5-20-12-17-11(14)18-13(19-12)21-9-4-3-8(7-16)10(15)6-9/h3-4,6H,2,5H2,1H3. The third-order valence-corrected chi connectivity index (χ3v) is 2.44. The Bertz CT molecular complexity index is 690. The van der Waals surface area contributed by atoms with Gasteiger partial charge in [-0.05, 0) is 30.2 Å². The Hall–Kier alpha value is -2.46. The van der Waals surface area contributed by atoms with E-state index in [-0.39, 0.29) is 28.6 Å². The number of nitrogens with zero attached hydrogens (tertiary/aromatic N) is 4. The molecule has 1 heterocycles. The largest absolute Gasteiger partial charge is 0.463 e. The fourth-order valence-electron chi connectivity index (χ4n) is 1.37. The van der Waals surface area contributed by atoms with Gasteiger partial charge in [0.2, 0.25) is 5.28 Å². The zero-order valence-electron chi connectivity index (χ0n) is 11.0. The average molecular weight is 309 g/mol. The third kappa shape index (κ3) is 4.00. The molecule has 21 heavy (non-hydrogen) atoms. The van der Waals surface area contributed by atoms with Crippen LogP contribution in [0.4, 0.5) is 4.39 Å². The van der Waals surface area contributed by atoms with Crippen LogP contribution in [-0.4, -0.2) is 21.6 Å². The Morgan fingerprint density at radius 1 is 1.29 bits per heavy atom. The van der Waals surface area contributed by atoms with Gasteiger partial charge in [-0.1, -0.05) is 6.92 Å². The van der Waals surface area contributed by atoms with E-state index in [1.54, 1.807) is 6.07 Å². The topological polar surface area (TPSA) is 80.9 Å². The summed E-state index contributed by atoms with van der Waals surface area (Å²) >= 11 is 5.73. The van der Waals surface area contributed by atoms with Gasteiger partial charge in [0, 0.05) is 6.07 Å². The zero-order chi connectivity index (χ0) is 15.2. The van der Waals surface area contributed by atoms with Crippen LogP contribution in [0, 0.1) is 17.1 Å². The van der Waals surface area contributed by atoms with Crippen LogP contribution in [0.5, 0.6) is 17.8 Å². The van der Waals surface area contributed by atoms with Crippen LogP contribution in [0.25, 0.3) is 0 Å². The van der Waals surface area contributed by atoms with Gasteiger partial charge < -0.3 is 9.47 Å². The van der Waals surface area contributed by atoms with Crippen molar-refractivity contribution in [2.24, 2.45) is 0 Å². The molecule has 0 bridgehead atoms. The van der Waals surface area contributed by atoms with Crippen LogP contribution in [-0.2, 0) is 0 Å². The molecule has 0 N–H and O–H groups in total. The molecule has 2 rings (SSSR count). The fraction of sp³-hybridized carbons (Fsp3) is 0.231. The van der Waals surface area contributed by atoms with E-state index in [1.165, 1.54) is 12.1 Å². The van der Waals surface area contributed by atoms with Gasteiger partial charge in [0.1, 0.15) is 17.6 Å². The Labute approximate surface area is 125 Å². The molecular weight excluding hydrogens is 299 g/mol. The SMILES string of the molecule is CCCOc1nc(Cl)nc(Oc2ccc(C#N)c(F)c2)n1. The summed E-state index contributed by atoms with van der Waals surface area (Å²) in [6, 6.07) is 5.40. The lowest BCUT2D eigenvalue weighted by Gasteiger charge is -2.06. The normalized spacial score (nSPS) is 10.0. The van der Waals surface area contributed by atoms with E-state index < -0.39 is 5.82 Å². The first-order chi connectivity index (χ1) is 10.1. The smallest absolute Gasteiger partial charge is 0.329 e. The minimum absolute atomic E-state index is 0.0287. The van der Waals surface area contributed by atoms with E-state index in [2.05, 4.69) is 15.0 Å². The van der Waals surface area contributed by atoms with Crippen LogP contribution in [0.2, 0.25) is 5.28 Å². The molecule has 0 amide bonds. The van der Waals surface area contributed by atoms with E-state index in [0.717, 1.165) is 12.5 Å². The van der Waals surface area contributed by atoms with Gasteiger partial charge in [0.15, 0.2) is 0 Å². The molecule has 0 aliphatic heterocycles. The monoisotopic (exact) mass is 308 g/mol. The highest BCUT2D eigenvalue weighted by Crippen LogP contribution is 2.22. The summed E-state index contributed by atoms with van der Waals surface area (Å²) in [7, 11) is 0. The maximum Gasteiger partial charge on any atom is 0.329 e. The Morgan fingerprint density at radius 2 is 2.05 bits per heavy atom. The first-order valence-electron chi connectivity index (χ1n) is 6.04. The predicted molar refractivity (Wildman–Crippen MR) is 71.8 cm³/mol. The molecule has 6 nitrogen and oxygen atoms in total. The summed E-state index contributed by atoms with van der Waals surface area (Å²) in [6.07, 6.45) is 0.778. The lowest BCUT2D eigenvalue weighted by Crippen LogP contribution is -2.03. The molecule has 0 unspecified atom stereocenters. The van der Waals surface area contributed by atoms with Crippen molar-refractivity contribution in [1.29, 1.82) is 5.26 Å². The highest BCUT2D eigenvalue weighted by molar-refractivity contribution is 6.28. The molecule has 8 heteroatoms. The van der Waals surface area contributed by atoms with Crippen LogP contribution in [0.3, 0.4) is 0 Å². The first kappa shape index (κ1) is 14.9. The number of aromatic nitrogens is 3. The molecule has 0 radical (unpaired) electrons. The lowest BCUT2D eigenvalue weighted by molar-refractivity contribution is 0.284. The number of ether oxygens (including phenoxy) is 2. The lowest BCUT2D eigenvalue weighted by atomic mass is 10.2. The maximum absolute atomic E-state index is 13.5. The van der Waals surface area contributed by atoms with Gasteiger partial charge in [-0.3, -0.25) is 0 Å². The van der Waals surface area contributed by atoms with E-state index in [4.69, 9.17) is 26.3 Å². The van der Waals surface area contributed by atoms with Crippen molar-refractivity contribution in [2.45, 2.75) is 13.3 Å². The molecule has 0 fully saturated rings. The second-order valence-corrected chi connectivity index (χ2v) is 4.21. The van der Waals surface area contributed by atoms with Crippen molar-refractivity contribution >= 4 is 11.6 Å². The third-order valence-electron chi connectivity index (χ3n) is 2.27. The highest BCUT2D eigenvalue weighted by Gasteiger charge is 2.10. The van der Waals surface area contributed by atoms with Gasteiger partial charge in [-0.15, -0.1) is 4.98 Å². The van der Waals surface area contributed by atoms with Gasteiger partial charge in [0.25, 0.3) is 0 Å². The minimum atomic E-state index is -0.697. The number of benzene rings is 1. The number of hydrogen-bond donors (Lipinski definition) is 0. The van der Waals surface area contributed by atoms with Crippen molar-refractivity contribution in [3.8, 4) is 23.8 Å². The summed E-state index contributed by atoms with van der Waals surface area (Å²) in [5.74, 6) is -0.562. The average Bonchev–Trinajstić information content (AvgIpc) is 2.45. The van der Waals surface area contributed by atoms with Crippen LogP contribution < -0.4 is 9.47 Å². The van der Waals surface area contributed by atoms with Crippen LogP contribution >= 0.6 is 11.6 Å². The van der Waals surface area contributed by atoms with Gasteiger partial charge in [0.05, 0.1) is 12.2 Å². The second-order valence-electron chi connectivity index (χ2n) is 3.87. The number of hydrogen-bond acceptors (Lipinski definition) is 6. The molecule has 0 aliphatic carbocycles. The van der Waals surface area contributed by atoms with Crippen molar-refractivity contribution < 1.29 is 13.9 Å². The summed E-state index contributed by atoms with van der Waals surface area (Å²) in [4.78, 5) is 11.4. The van der Waals surface area contributed by atoms with Gasteiger partial charge in [-0.25, -0.2) is 4.39 Å². The van der Waals surface area contributed by atoms with Crippen molar-refractivity contribution in [3.63, 3.8) is 0 Å².